The molecule has 1 aliphatic rings. The number of thioether (sulfide) groups is 1. The monoisotopic (exact) mass is 346 g/mol. The number of hydrogen-bond acceptors (Lipinski definition) is 4. The molecule has 1 unspecified atom stereocenters. The van der Waals surface area contributed by atoms with Crippen molar-refractivity contribution in [3.05, 3.63) is 46.5 Å². The normalized spacial score (nSPS) is 15.4. The topological polar surface area (TPSA) is 33.2 Å². The van der Waals surface area contributed by atoms with E-state index < -0.39 is 0 Å². The Labute approximate surface area is 146 Å². The van der Waals surface area contributed by atoms with Crippen LogP contribution in [0.15, 0.2) is 34.0 Å². The quantitative estimate of drug-likeness (QED) is 0.716. The molecule has 1 fully saturated rings. The average Bonchev–Trinajstić information content (AvgIpc) is 3.33. The van der Waals surface area contributed by atoms with E-state index in [9.17, 15) is 4.79 Å². The third kappa shape index (κ3) is 4.15. The van der Waals surface area contributed by atoms with Crippen LogP contribution in [-0.4, -0.2) is 28.9 Å². The van der Waals surface area contributed by atoms with Crippen molar-refractivity contribution in [3.63, 3.8) is 0 Å². The minimum absolute atomic E-state index is 0.124. The maximum Gasteiger partial charge on any atom is 0.253 e. The van der Waals surface area contributed by atoms with Gasteiger partial charge in [0.05, 0.1) is 0 Å². The number of carbonyl (C=O) groups is 1. The van der Waals surface area contributed by atoms with E-state index in [1.807, 2.05) is 31.0 Å². The molecule has 0 saturated heterocycles. The van der Waals surface area contributed by atoms with Gasteiger partial charge in [0.25, 0.3) is 5.91 Å². The zero-order chi connectivity index (χ0) is 16.4. The molecule has 1 atom stereocenters. The van der Waals surface area contributed by atoms with E-state index in [0.717, 1.165) is 21.3 Å². The minimum atomic E-state index is 0.124. The Bertz CT molecular complexity index is 677. The number of benzene rings is 1. The largest absolute Gasteiger partial charge is 0.339 e. The maximum absolute atomic E-state index is 12.5. The number of aromatic nitrogens is 1. The van der Waals surface area contributed by atoms with E-state index in [1.54, 1.807) is 23.1 Å². The highest BCUT2D eigenvalue weighted by molar-refractivity contribution is 8.00. The van der Waals surface area contributed by atoms with Gasteiger partial charge in [0.15, 0.2) is 0 Å². The van der Waals surface area contributed by atoms with Gasteiger partial charge in [0.1, 0.15) is 4.34 Å². The second-order valence-corrected chi connectivity index (χ2v) is 8.32. The van der Waals surface area contributed by atoms with E-state index in [1.165, 1.54) is 18.4 Å². The van der Waals surface area contributed by atoms with Crippen LogP contribution in [0.4, 0.5) is 0 Å². The van der Waals surface area contributed by atoms with Crippen molar-refractivity contribution in [2.75, 3.05) is 7.05 Å². The molecule has 3 nitrogen and oxygen atoms in total. The molecule has 0 bridgehead atoms. The minimum Gasteiger partial charge on any atom is -0.339 e. The molecule has 0 N–H and O–H groups in total. The molecular formula is C18H22N2OS2. The van der Waals surface area contributed by atoms with Crippen molar-refractivity contribution in [1.82, 2.24) is 9.88 Å². The van der Waals surface area contributed by atoms with Gasteiger partial charge in [-0.1, -0.05) is 23.9 Å². The van der Waals surface area contributed by atoms with E-state index >= 15 is 0 Å². The lowest BCUT2D eigenvalue weighted by Crippen LogP contribution is -2.36. The fourth-order valence-electron chi connectivity index (χ4n) is 2.57. The predicted molar refractivity (Wildman–Crippen MR) is 97.1 cm³/mol. The standard InChI is InChI=1S/C18H22N2OS2/c1-12-10-22-18(19-12)23-11-14-4-6-16(7-5-14)17(21)20(3)13(2)15-8-9-15/h4-7,10,13,15H,8-9,11H2,1-3H3. The van der Waals surface area contributed by atoms with Crippen molar-refractivity contribution in [2.24, 2.45) is 5.92 Å². The molecule has 1 heterocycles. The van der Waals surface area contributed by atoms with Gasteiger partial charge in [-0.05, 0) is 50.3 Å². The number of nitrogens with zero attached hydrogens (tertiary/aromatic N) is 2. The van der Waals surface area contributed by atoms with Crippen LogP contribution < -0.4 is 0 Å². The summed E-state index contributed by atoms with van der Waals surface area (Å²) in [6.07, 6.45) is 2.51. The number of rotatable bonds is 6. The smallest absolute Gasteiger partial charge is 0.253 e. The number of hydrogen-bond donors (Lipinski definition) is 0. The first-order valence-corrected chi connectivity index (χ1v) is 9.82. The van der Waals surface area contributed by atoms with E-state index in [0.29, 0.717) is 12.0 Å². The second-order valence-electron chi connectivity index (χ2n) is 6.23. The van der Waals surface area contributed by atoms with Gasteiger partial charge in [-0.25, -0.2) is 4.98 Å². The first-order chi connectivity index (χ1) is 11.0. The summed E-state index contributed by atoms with van der Waals surface area (Å²) in [6, 6.07) is 8.33. The van der Waals surface area contributed by atoms with E-state index in [-0.39, 0.29) is 5.91 Å². The van der Waals surface area contributed by atoms with Crippen LogP contribution in [0, 0.1) is 12.8 Å². The highest BCUT2D eigenvalue weighted by Gasteiger charge is 2.32. The summed E-state index contributed by atoms with van der Waals surface area (Å²) in [7, 11) is 1.92. The zero-order valence-corrected chi connectivity index (χ0v) is 15.4. The summed E-state index contributed by atoms with van der Waals surface area (Å²) in [5.41, 5.74) is 3.07. The Kier molecular flexibility index (Phi) is 5.07. The van der Waals surface area contributed by atoms with Gasteiger partial charge in [-0.2, -0.15) is 0 Å². The second kappa shape index (κ2) is 7.05. The first kappa shape index (κ1) is 16.5. The third-order valence-corrected chi connectivity index (χ3v) is 6.61. The lowest BCUT2D eigenvalue weighted by atomic mass is 10.1. The lowest BCUT2D eigenvalue weighted by molar-refractivity contribution is 0.0727. The Morgan fingerprint density at radius 1 is 1.39 bits per heavy atom. The van der Waals surface area contributed by atoms with Crippen LogP contribution in [0.5, 0.6) is 0 Å². The SMILES string of the molecule is Cc1csc(SCc2ccc(C(=O)N(C)C(C)C3CC3)cc2)n1. The van der Waals surface area contributed by atoms with Crippen molar-refractivity contribution in [1.29, 1.82) is 0 Å². The molecule has 1 aromatic carbocycles. The van der Waals surface area contributed by atoms with Crippen molar-refractivity contribution >= 4 is 29.0 Å². The number of carbonyl (C=O) groups excluding carboxylic acids is 1. The first-order valence-electron chi connectivity index (χ1n) is 7.95. The number of amides is 1. The Morgan fingerprint density at radius 2 is 2.09 bits per heavy atom. The van der Waals surface area contributed by atoms with Crippen LogP contribution in [0.3, 0.4) is 0 Å². The van der Waals surface area contributed by atoms with Crippen molar-refractivity contribution < 1.29 is 4.79 Å². The fourth-order valence-corrected chi connectivity index (χ4v) is 4.38. The molecule has 122 valence electrons. The van der Waals surface area contributed by atoms with Crippen molar-refractivity contribution in [3.8, 4) is 0 Å². The van der Waals surface area contributed by atoms with Gasteiger partial charge < -0.3 is 4.90 Å². The molecule has 1 saturated carbocycles. The molecule has 3 rings (SSSR count). The Morgan fingerprint density at radius 3 is 2.65 bits per heavy atom. The molecule has 2 aromatic rings. The summed E-state index contributed by atoms with van der Waals surface area (Å²) in [6.45, 7) is 4.16. The number of thiazole rings is 1. The lowest BCUT2D eigenvalue weighted by Gasteiger charge is -2.25. The van der Waals surface area contributed by atoms with Gasteiger partial charge in [0.2, 0.25) is 0 Å². The molecule has 0 spiro atoms. The fraction of sp³-hybridized carbons (Fsp3) is 0.444. The average molecular weight is 347 g/mol. The predicted octanol–water partition coefficient (Wildman–Crippen LogP) is 4.61. The maximum atomic E-state index is 12.5. The van der Waals surface area contributed by atoms with E-state index in [2.05, 4.69) is 29.4 Å². The van der Waals surface area contributed by atoms with Crippen LogP contribution in [0.25, 0.3) is 0 Å². The molecule has 5 heteroatoms. The summed E-state index contributed by atoms with van der Waals surface area (Å²) in [4.78, 5) is 18.9. The highest BCUT2D eigenvalue weighted by atomic mass is 32.2. The molecule has 23 heavy (non-hydrogen) atoms. The Balaban J connectivity index is 1.58. The van der Waals surface area contributed by atoms with Crippen LogP contribution in [0.1, 0.15) is 41.4 Å². The molecule has 0 aliphatic heterocycles. The summed E-state index contributed by atoms with van der Waals surface area (Å²) in [5, 5.41) is 2.07. The van der Waals surface area contributed by atoms with Crippen molar-refractivity contribution in [2.45, 2.75) is 42.8 Å². The zero-order valence-electron chi connectivity index (χ0n) is 13.8. The molecule has 0 radical (unpaired) electrons. The van der Waals surface area contributed by atoms with Crippen LogP contribution in [0.2, 0.25) is 0 Å². The highest BCUT2D eigenvalue weighted by Crippen LogP contribution is 2.35. The van der Waals surface area contributed by atoms with E-state index in [4.69, 9.17) is 0 Å². The molecule has 1 aliphatic carbocycles. The van der Waals surface area contributed by atoms with Crippen LogP contribution in [-0.2, 0) is 5.75 Å². The molecule has 1 amide bonds. The van der Waals surface area contributed by atoms with Crippen LogP contribution >= 0.6 is 23.1 Å². The summed E-state index contributed by atoms with van der Waals surface area (Å²) < 4.78 is 1.10. The van der Waals surface area contributed by atoms with Gasteiger partial charge in [-0.15, -0.1) is 11.3 Å². The molecular weight excluding hydrogens is 324 g/mol. The van der Waals surface area contributed by atoms with Gasteiger partial charge in [0, 0.05) is 35.5 Å². The van der Waals surface area contributed by atoms with Gasteiger partial charge in [-0.3, -0.25) is 4.79 Å². The molecule has 1 aromatic heterocycles. The summed E-state index contributed by atoms with van der Waals surface area (Å²) in [5.74, 6) is 1.70. The Hall–Kier alpha value is -1.33. The number of aryl methyl sites for hydroxylation is 1. The van der Waals surface area contributed by atoms with Gasteiger partial charge >= 0.3 is 0 Å². The summed E-state index contributed by atoms with van der Waals surface area (Å²) >= 11 is 3.43. The third-order valence-electron chi connectivity index (χ3n) is 4.40.